The number of aliphatic hydroxyl groups excluding tert-OH is 3. The SMILES string of the molecule is CC1(O)C(O)C(CO)OC1n1c(NCc2ccc(-c3ccccc3)c(OCCCCO)c2)nc2c(N)ncnc21. The van der Waals surface area contributed by atoms with Gasteiger partial charge in [-0.15, -0.1) is 0 Å². The lowest BCUT2D eigenvalue weighted by atomic mass is 9.96. The zero-order chi connectivity index (χ0) is 28.3. The number of aromatic nitrogens is 4. The van der Waals surface area contributed by atoms with Crippen molar-refractivity contribution in [2.45, 2.75) is 50.3 Å². The first-order valence-corrected chi connectivity index (χ1v) is 13.2. The largest absolute Gasteiger partial charge is 0.493 e. The second-order valence-corrected chi connectivity index (χ2v) is 9.95. The number of nitrogens with two attached hydrogens (primary N) is 1. The lowest BCUT2D eigenvalue weighted by molar-refractivity contribution is -0.0941. The summed E-state index contributed by atoms with van der Waals surface area (Å²) < 4.78 is 13.5. The zero-order valence-electron chi connectivity index (χ0n) is 22.1. The van der Waals surface area contributed by atoms with E-state index in [9.17, 15) is 15.3 Å². The van der Waals surface area contributed by atoms with Gasteiger partial charge in [0, 0.05) is 18.7 Å². The summed E-state index contributed by atoms with van der Waals surface area (Å²) in [5.41, 5.74) is 7.78. The molecular formula is C28H34N6O6. The van der Waals surface area contributed by atoms with Gasteiger partial charge in [-0.2, -0.15) is 0 Å². The van der Waals surface area contributed by atoms with Gasteiger partial charge in [0.05, 0.1) is 13.2 Å². The molecule has 2 aromatic heterocycles. The molecule has 3 heterocycles. The maximum atomic E-state index is 11.2. The molecule has 0 spiro atoms. The Hall–Kier alpha value is -3.81. The summed E-state index contributed by atoms with van der Waals surface area (Å²) in [4.78, 5) is 12.9. The van der Waals surface area contributed by atoms with Crippen LogP contribution < -0.4 is 15.8 Å². The van der Waals surface area contributed by atoms with Crippen LogP contribution in [0.4, 0.5) is 11.8 Å². The molecule has 0 aliphatic carbocycles. The first-order valence-electron chi connectivity index (χ1n) is 13.2. The Balaban J connectivity index is 1.47. The lowest BCUT2D eigenvalue weighted by Gasteiger charge is -2.28. The highest BCUT2D eigenvalue weighted by Crippen LogP contribution is 2.41. The monoisotopic (exact) mass is 550 g/mol. The smallest absolute Gasteiger partial charge is 0.207 e. The van der Waals surface area contributed by atoms with E-state index in [0.717, 1.165) is 23.1 Å². The Bertz CT molecular complexity index is 1450. The molecule has 5 rings (SSSR count). The molecule has 0 radical (unpaired) electrons. The van der Waals surface area contributed by atoms with E-state index in [2.05, 4.69) is 20.3 Å². The van der Waals surface area contributed by atoms with Gasteiger partial charge < -0.3 is 41.0 Å². The Morgan fingerprint density at radius 1 is 1.12 bits per heavy atom. The van der Waals surface area contributed by atoms with Crippen LogP contribution in [0.15, 0.2) is 54.9 Å². The van der Waals surface area contributed by atoms with E-state index in [-0.39, 0.29) is 18.4 Å². The van der Waals surface area contributed by atoms with E-state index < -0.39 is 30.6 Å². The van der Waals surface area contributed by atoms with Gasteiger partial charge in [-0.3, -0.25) is 4.57 Å². The summed E-state index contributed by atoms with van der Waals surface area (Å²) in [6.45, 7) is 1.85. The number of imidazole rings is 1. The highest BCUT2D eigenvalue weighted by Gasteiger charge is 2.54. The predicted octanol–water partition coefficient (Wildman–Crippen LogP) is 1.84. The second kappa shape index (κ2) is 11.7. The molecule has 1 saturated heterocycles. The first-order chi connectivity index (χ1) is 19.3. The molecule has 0 saturated carbocycles. The fourth-order valence-electron chi connectivity index (χ4n) is 4.87. The molecule has 4 atom stereocenters. The van der Waals surface area contributed by atoms with Gasteiger partial charge in [0.25, 0.3) is 0 Å². The quantitative estimate of drug-likeness (QED) is 0.150. The Morgan fingerprint density at radius 2 is 1.93 bits per heavy atom. The van der Waals surface area contributed by atoms with Crippen molar-refractivity contribution in [3.05, 3.63) is 60.4 Å². The van der Waals surface area contributed by atoms with E-state index in [1.807, 2.05) is 48.5 Å². The van der Waals surface area contributed by atoms with Crippen molar-refractivity contribution < 1.29 is 29.9 Å². The molecule has 2 aromatic carbocycles. The standard InChI is InChI=1S/C28H34N6O6/c1-28(38)23(37)21(15-36)40-26(28)34-25-22(24(29)31-16-32-25)33-27(34)30-14-17-9-10-19(18-7-3-2-4-8-18)20(13-17)39-12-6-5-11-35/h2-4,7-10,13,16,21,23,26,35-38H,5-6,11-12,14-15H2,1H3,(H,30,33)(H2,29,31,32). The average molecular weight is 551 g/mol. The van der Waals surface area contributed by atoms with Gasteiger partial charge in [-0.25, -0.2) is 15.0 Å². The van der Waals surface area contributed by atoms with E-state index >= 15 is 0 Å². The summed E-state index contributed by atoms with van der Waals surface area (Å²) >= 11 is 0. The number of hydrogen-bond acceptors (Lipinski definition) is 11. The number of unbranched alkanes of at least 4 members (excludes halogenated alkanes) is 1. The number of hydrogen-bond donors (Lipinski definition) is 6. The van der Waals surface area contributed by atoms with E-state index in [1.54, 1.807) is 0 Å². The molecule has 0 amide bonds. The van der Waals surface area contributed by atoms with Gasteiger partial charge in [-0.1, -0.05) is 42.5 Å². The number of benzene rings is 2. The fourth-order valence-corrected chi connectivity index (χ4v) is 4.87. The minimum Gasteiger partial charge on any atom is -0.493 e. The summed E-state index contributed by atoms with van der Waals surface area (Å²) in [6, 6.07) is 15.9. The number of anilines is 2. The Morgan fingerprint density at radius 3 is 2.65 bits per heavy atom. The molecule has 1 aliphatic rings. The predicted molar refractivity (Wildman–Crippen MR) is 148 cm³/mol. The number of aliphatic hydroxyl groups is 4. The maximum Gasteiger partial charge on any atom is 0.207 e. The van der Waals surface area contributed by atoms with Crippen molar-refractivity contribution in [1.82, 2.24) is 19.5 Å². The van der Waals surface area contributed by atoms with Crippen LogP contribution in [0.5, 0.6) is 5.75 Å². The van der Waals surface area contributed by atoms with Crippen LogP contribution in [0.2, 0.25) is 0 Å². The number of nitrogens with one attached hydrogen (secondary N) is 1. The second-order valence-electron chi connectivity index (χ2n) is 9.95. The van der Waals surface area contributed by atoms with E-state index in [1.165, 1.54) is 17.8 Å². The molecule has 1 fully saturated rings. The average Bonchev–Trinajstić information content (AvgIpc) is 3.44. The number of fused-ring (bicyclic) bond motifs is 1. The normalized spacial score (nSPS) is 22.6. The molecule has 1 aliphatic heterocycles. The Kier molecular flexibility index (Phi) is 8.14. The summed E-state index contributed by atoms with van der Waals surface area (Å²) in [7, 11) is 0. The van der Waals surface area contributed by atoms with Crippen molar-refractivity contribution in [3.8, 4) is 16.9 Å². The summed E-state index contributed by atoms with van der Waals surface area (Å²) in [5, 5.41) is 43.8. The van der Waals surface area contributed by atoms with Gasteiger partial charge in [-0.05, 0) is 37.0 Å². The third-order valence-corrected chi connectivity index (χ3v) is 7.07. The molecule has 0 bridgehead atoms. The van der Waals surface area contributed by atoms with Gasteiger partial charge in [0.15, 0.2) is 23.2 Å². The van der Waals surface area contributed by atoms with Gasteiger partial charge >= 0.3 is 0 Å². The van der Waals surface area contributed by atoms with E-state index in [4.69, 9.17) is 20.3 Å². The summed E-state index contributed by atoms with van der Waals surface area (Å²) in [5.74, 6) is 1.15. The van der Waals surface area contributed by atoms with Crippen LogP contribution in [-0.4, -0.2) is 77.6 Å². The van der Waals surface area contributed by atoms with Crippen LogP contribution >= 0.6 is 0 Å². The number of nitrogen functional groups attached to an aromatic ring is 1. The number of nitrogens with zero attached hydrogens (tertiary/aromatic N) is 4. The molecule has 7 N–H and O–H groups in total. The molecule has 212 valence electrons. The molecule has 12 nitrogen and oxygen atoms in total. The van der Waals surface area contributed by atoms with Crippen LogP contribution in [-0.2, 0) is 11.3 Å². The topological polar surface area (TPSA) is 181 Å². The van der Waals surface area contributed by atoms with Gasteiger partial charge in [0.1, 0.15) is 29.9 Å². The van der Waals surface area contributed by atoms with Crippen LogP contribution in [0.25, 0.3) is 22.3 Å². The molecular weight excluding hydrogens is 516 g/mol. The van der Waals surface area contributed by atoms with Crippen molar-refractivity contribution >= 4 is 22.9 Å². The van der Waals surface area contributed by atoms with Crippen LogP contribution in [0, 0.1) is 0 Å². The maximum absolute atomic E-state index is 11.2. The van der Waals surface area contributed by atoms with Crippen LogP contribution in [0.1, 0.15) is 31.6 Å². The highest BCUT2D eigenvalue weighted by atomic mass is 16.6. The van der Waals surface area contributed by atoms with Crippen molar-refractivity contribution in [2.75, 3.05) is 30.9 Å². The van der Waals surface area contributed by atoms with Crippen molar-refractivity contribution in [3.63, 3.8) is 0 Å². The molecule has 4 aromatic rings. The minimum absolute atomic E-state index is 0.114. The third kappa shape index (κ3) is 5.31. The third-order valence-electron chi connectivity index (χ3n) is 7.07. The van der Waals surface area contributed by atoms with Crippen LogP contribution in [0.3, 0.4) is 0 Å². The molecule has 40 heavy (non-hydrogen) atoms. The van der Waals surface area contributed by atoms with Gasteiger partial charge in [0.2, 0.25) is 5.95 Å². The highest BCUT2D eigenvalue weighted by molar-refractivity contribution is 5.84. The zero-order valence-corrected chi connectivity index (χ0v) is 22.1. The van der Waals surface area contributed by atoms with E-state index in [0.29, 0.717) is 36.5 Å². The fraction of sp³-hybridized carbons (Fsp3) is 0.393. The first kappa shape index (κ1) is 27.7. The molecule has 12 heteroatoms. The lowest BCUT2D eigenvalue weighted by Crippen LogP contribution is -2.44. The number of rotatable bonds is 11. The Labute approximate surface area is 231 Å². The molecule has 4 unspecified atom stereocenters. The summed E-state index contributed by atoms with van der Waals surface area (Å²) in [6.07, 6.45) is -0.799. The van der Waals surface area contributed by atoms with Crippen molar-refractivity contribution in [2.24, 2.45) is 0 Å². The number of ether oxygens (including phenoxy) is 2. The van der Waals surface area contributed by atoms with Crippen molar-refractivity contribution in [1.29, 1.82) is 0 Å². The minimum atomic E-state index is -1.76.